The van der Waals surface area contributed by atoms with Crippen molar-refractivity contribution in [1.82, 2.24) is 20.1 Å². The molecule has 0 bridgehead atoms. The van der Waals surface area contributed by atoms with Crippen LogP contribution in [-0.4, -0.2) is 32.5 Å². The fourth-order valence-electron chi connectivity index (χ4n) is 3.94. The van der Waals surface area contributed by atoms with Gasteiger partial charge in [0.05, 0.1) is 24.4 Å². The van der Waals surface area contributed by atoms with Crippen molar-refractivity contribution in [3.8, 4) is 11.1 Å². The third-order valence-electron chi connectivity index (χ3n) is 5.25. The Labute approximate surface area is 159 Å². The Balaban J connectivity index is 1.60. The van der Waals surface area contributed by atoms with Crippen LogP contribution in [0, 0.1) is 6.92 Å². The second-order valence-corrected chi connectivity index (χ2v) is 7.20. The van der Waals surface area contributed by atoms with Crippen molar-refractivity contribution in [3.05, 3.63) is 71.8 Å². The van der Waals surface area contributed by atoms with E-state index >= 15 is 0 Å². The number of pyridine rings is 1. The summed E-state index contributed by atoms with van der Waals surface area (Å²) >= 11 is 0. The van der Waals surface area contributed by atoms with E-state index in [1.807, 2.05) is 35.4 Å². The molecule has 0 unspecified atom stereocenters. The largest absolute Gasteiger partial charge is 0.334 e. The number of rotatable bonds is 4. The smallest absolute Gasteiger partial charge is 0.227 e. The maximum atomic E-state index is 13.1. The van der Waals surface area contributed by atoms with Gasteiger partial charge in [0.1, 0.15) is 0 Å². The number of benzene rings is 1. The molecule has 0 radical (unpaired) electrons. The number of carbonyl (C=O) groups excluding carboxylic acids is 1. The summed E-state index contributed by atoms with van der Waals surface area (Å²) in [6.45, 7) is 2.85. The van der Waals surface area contributed by atoms with E-state index in [-0.39, 0.29) is 11.9 Å². The lowest BCUT2D eigenvalue weighted by Crippen LogP contribution is -2.39. The van der Waals surface area contributed by atoms with Crippen LogP contribution in [0.25, 0.3) is 11.1 Å². The zero-order chi connectivity index (χ0) is 18.6. The zero-order valence-corrected chi connectivity index (χ0v) is 15.6. The first-order valence-electron chi connectivity index (χ1n) is 9.51. The number of nitrogens with one attached hydrogen (secondary N) is 1. The second kappa shape index (κ2) is 7.74. The molecule has 1 atom stereocenters. The predicted octanol–water partition coefficient (Wildman–Crippen LogP) is 4.08. The third-order valence-corrected chi connectivity index (χ3v) is 5.25. The van der Waals surface area contributed by atoms with Gasteiger partial charge in [-0.25, -0.2) is 0 Å². The molecule has 0 saturated carbocycles. The predicted molar refractivity (Wildman–Crippen MR) is 105 cm³/mol. The Bertz CT molecular complexity index is 919. The van der Waals surface area contributed by atoms with E-state index in [1.54, 1.807) is 12.4 Å². The number of piperidine rings is 1. The van der Waals surface area contributed by atoms with Gasteiger partial charge >= 0.3 is 0 Å². The van der Waals surface area contributed by atoms with Gasteiger partial charge in [-0.3, -0.25) is 14.9 Å². The highest BCUT2D eigenvalue weighted by Crippen LogP contribution is 2.35. The summed E-state index contributed by atoms with van der Waals surface area (Å²) in [6.07, 6.45) is 8.99. The van der Waals surface area contributed by atoms with Crippen molar-refractivity contribution in [1.29, 1.82) is 0 Å². The quantitative estimate of drug-likeness (QED) is 0.763. The maximum Gasteiger partial charge on any atom is 0.227 e. The van der Waals surface area contributed by atoms with Crippen LogP contribution in [0.1, 0.15) is 42.1 Å². The SMILES string of the molecule is Cc1cccc(CC(=O)N2CCCC[C@H]2c2[nH]ncc2-c2ccncc2)c1. The molecule has 3 aromatic rings. The highest BCUT2D eigenvalue weighted by molar-refractivity contribution is 5.80. The van der Waals surface area contributed by atoms with Gasteiger partial charge < -0.3 is 4.90 Å². The second-order valence-electron chi connectivity index (χ2n) is 7.20. The molecule has 5 nitrogen and oxygen atoms in total. The van der Waals surface area contributed by atoms with Crippen LogP contribution in [0.3, 0.4) is 0 Å². The highest BCUT2D eigenvalue weighted by Gasteiger charge is 2.30. The van der Waals surface area contributed by atoms with Crippen molar-refractivity contribution in [2.24, 2.45) is 0 Å². The summed E-state index contributed by atoms with van der Waals surface area (Å²) in [6, 6.07) is 12.2. The molecule has 1 saturated heterocycles. The minimum absolute atomic E-state index is 0.0433. The molecule has 1 aromatic carbocycles. The molecule has 1 aliphatic heterocycles. The molecular formula is C22H24N4O. The molecule has 1 amide bonds. The van der Waals surface area contributed by atoms with E-state index in [9.17, 15) is 4.79 Å². The third kappa shape index (κ3) is 3.77. The molecule has 2 aromatic heterocycles. The first kappa shape index (κ1) is 17.5. The number of aromatic amines is 1. The van der Waals surface area contributed by atoms with Gasteiger partial charge in [-0.05, 0) is 49.4 Å². The lowest BCUT2D eigenvalue weighted by molar-refractivity contribution is -0.134. The number of amides is 1. The van der Waals surface area contributed by atoms with Crippen molar-refractivity contribution in [3.63, 3.8) is 0 Å². The van der Waals surface area contributed by atoms with Crippen LogP contribution < -0.4 is 0 Å². The van der Waals surface area contributed by atoms with Gasteiger partial charge in [-0.2, -0.15) is 5.10 Å². The zero-order valence-electron chi connectivity index (χ0n) is 15.6. The fourth-order valence-corrected chi connectivity index (χ4v) is 3.94. The Morgan fingerprint density at radius 1 is 1.22 bits per heavy atom. The summed E-state index contributed by atoms with van der Waals surface area (Å²) in [5.41, 5.74) is 5.41. The number of carbonyl (C=O) groups is 1. The monoisotopic (exact) mass is 360 g/mol. The number of hydrogen-bond donors (Lipinski definition) is 1. The summed E-state index contributed by atoms with van der Waals surface area (Å²) < 4.78 is 0. The molecule has 0 spiro atoms. The molecule has 1 N–H and O–H groups in total. The van der Waals surface area contributed by atoms with Gasteiger partial charge in [0.25, 0.3) is 0 Å². The van der Waals surface area contributed by atoms with Crippen LogP contribution in [0.4, 0.5) is 0 Å². The molecule has 1 aliphatic rings. The van der Waals surface area contributed by atoms with Gasteiger partial charge in [0.2, 0.25) is 5.91 Å². The highest BCUT2D eigenvalue weighted by atomic mass is 16.2. The van der Waals surface area contributed by atoms with Gasteiger partial charge in [0, 0.05) is 24.5 Å². The molecular weight excluding hydrogens is 336 g/mol. The summed E-state index contributed by atoms with van der Waals surface area (Å²) in [5, 5.41) is 7.45. The number of nitrogens with zero attached hydrogens (tertiary/aromatic N) is 3. The average Bonchev–Trinajstić information content (AvgIpc) is 3.18. The number of likely N-dealkylation sites (tertiary alicyclic amines) is 1. The summed E-state index contributed by atoms with van der Waals surface area (Å²) in [4.78, 5) is 19.2. The standard InChI is InChI=1S/C22H24N4O/c1-16-5-4-6-17(13-16)14-21(27)26-12-3-2-7-20(26)22-19(15-24-25-22)18-8-10-23-11-9-18/h4-6,8-11,13,15,20H,2-3,7,12,14H2,1H3,(H,24,25)/t20-/m0/s1. The molecule has 27 heavy (non-hydrogen) atoms. The minimum Gasteiger partial charge on any atom is -0.334 e. The van der Waals surface area contributed by atoms with Crippen LogP contribution in [0.5, 0.6) is 0 Å². The number of hydrogen-bond acceptors (Lipinski definition) is 3. The Hall–Kier alpha value is -2.95. The van der Waals surface area contributed by atoms with Crippen molar-refractivity contribution in [2.75, 3.05) is 6.54 Å². The van der Waals surface area contributed by atoms with Gasteiger partial charge in [-0.15, -0.1) is 0 Å². The number of aromatic nitrogens is 3. The summed E-state index contributed by atoms with van der Waals surface area (Å²) in [5.74, 6) is 0.181. The van der Waals surface area contributed by atoms with Crippen LogP contribution in [0.15, 0.2) is 55.0 Å². The molecule has 5 heteroatoms. The van der Waals surface area contributed by atoms with Gasteiger partial charge in [-0.1, -0.05) is 29.8 Å². The lowest BCUT2D eigenvalue weighted by Gasteiger charge is -2.36. The molecule has 1 fully saturated rings. The first-order valence-corrected chi connectivity index (χ1v) is 9.51. The molecule has 138 valence electrons. The normalized spacial score (nSPS) is 17.1. The van der Waals surface area contributed by atoms with Crippen LogP contribution >= 0.6 is 0 Å². The van der Waals surface area contributed by atoms with Crippen molar-refractivity contribution in [2.45, 2.75) is 38.6 Å². The average molecular weight is 360 g/mol. The van der Waals surface area contributed by atoms with Crippen molar-refractivity contribution < 1.29 is 4.79 Å². The van der Waals surface area contributed by atoms with E-state index < -0.39 is 0 Å². The van der Waals surface area contributed by atoms with Crippen LogP contribution in [-0.2, 0) is 11.2 Å². The molecule has 4 rings (SSSR count). The van der Waals surface area contributed by atoms with E-state index in [4.69, 9.17) is 0 Å². The van der Waals surface area contributed by atoms with E-state index in [0.717, 1.165) is 48.2 Å². The number of aryl methyl sites for hydroxylation is 1. The Kier molecular flexibility index (Phi) is 5.01. The molecule has 3 heterocycles. The fraction of sp³-hybridized carbons (Fsp3) is 0.318. The first-order chi connectivity index (χ1) is 13.2. The maximum absolute atomic E-state index is 13.1. The minimum atomic E-state index is 0.0433. The van der Waals surface area contributed by atoms with Crippen LogP contribution in [0.2, 0.25) is 0 Å². The topological polar surface area (TPSA) is 61.9 Å². The van der Waals surface area contributed by atoms with E-state index in [1.165, 1.54) is 5.56 Å². The summed E-state index contributed by atoms with van der Waals surface area (Å²) in [7, 11) is 0. The van der Waals surface area contributed by atoms with E-state index in [0.29, 0.717) is 6.42 Å². The van der Waals surface area contributed by atoms with Crippen molar-refractivity contribution >= 4 is 5.91 Å². The molecule has 0 aliphatic carbocycles. The Morgan fingerprint density at radius 3 is 2.89 bits per heavy atom. The Morgan fingerprint density at radius 2 is 2.07 bits per heavy atom. The lowest BCUT2D eigenvalue weighted by atomic mass is 9.94. The number of H-pyrrole nitrogens is 1. The van der Waals surface area contributed by atoms with E-state index in [2.05, 4.69) is 34.2 Å². The van der Waals surface area contributed by atoms with Gasteiger partial charge in [0.15, 0.2) is 0 Å².